The summed E-state index contributed by atoms with van der Waals surface area (Å²) < 4.78 is 1.42. The predicted octanol–water partition coefficient (Wildman–Crippen LogP) is -0.494. The van der Waals surface area contributed by atoms with Crippen LogP contribution >= 0.6 is 0 Å². The second-order valence-electron chi connectivity index (χ2n) is 1.47. The molecule has 1 aromatic rings. The smallest absolute Gasteiger partial charge is 0.214 e. The van der Waals surface area contributed by atoms with Gasteiger partial charge in [-0.15, -0.1) is 5.10 Å². The molecule has 1 rings (SSSR count). The molecule has 0 saturated carbocycles. The van der Waals surface area contributed by atoms with E-state index in [1.165, 1.54) is 4.68 Å². The zero-order valence-corrected chi connectivity index (χ0v) is 4.98. The van der Waals surface area contributed by atoms with E-state index in [2.05, 4.69) is 15.5 Å². The average molecular weight is 126 g/mol. The van der Waals surface area contributed by atoms with E-state index in [-0.39, 0.29) is 5.82 Å². The molecule has 0 aliphatic rings. The Kier molecular flexibility index (Phi) is 1.53. The molecule has 9 heavy (non-hydrogen) atoms. The quantitative estimate of drug-likeness (QED) is 0.501. The Morgan fingerprint density at radius 2 is 2.56 bits per heavy atom. The van der Waals surface area contributed by atoms with Crippen LogP contribution in [0.2, 0.25) is 0 Å². The van der Waals surface area contributed by atoms with Gasteiger partial charge in [0, 0.05) is 6.54 Å². The maximum atomic E-state index is 10.1. The van der Waals surface area contributed by atoms with Crippen LogP contribution in [0.3, 0.4) is 0 Å². The van der Waals surface area contributed by atoms with Gasteiger partial charge < -0.3 is 0 Å². The molecule has 5 nitrogen and oxygen atoms in total. The summed E-state index contributed by atoms with van der Waals surface area (Å²) in [5.41, 5.74) is 0. The molecule has 0 aromatic carbocycles. The number of carbonyl (C=O) groups excluding carboxylic acids is 1. The highest BCUT2D eigenvalue weighted by Gasteiger charge is 1.98. The molecule has 1 aromatic heterocycles. The number of tetrazole rings is 1. The number of aromatic nitrogens is 4. The second-order valence-corrected chi connectivity index (χ2v) is 1.47. The first-order valence-electron chi connectivity index (χ1n) is 2.59. The van der Waals surface area contributed by atoms with Gasteiger partial charge in [0.05, 0.1) is 0 Å². The van der Waals surface area contributed by atoms with Crippen molar-refractivity contribution in [2.24, 2.45) is 0 Å². The number of hydrogen-bond donors (Lipinski definition) is 0. The van der Waals surface area contributed by atoms with Gasteiger partial charge in [-0.1, -0.05) is 0 Å². The molecule has 0 atom stereocenters. The van der Waals surface area contributed by atoms with Crippen molar-refractivity contribution in [1.29, 1.82) is 0 Å². The fourth-order valence-electron chi connectivity index (χ4n) is 0.521. The third kappa shape index (κ3) is 0.933. The van der Waals surface area contributed by atoms with Crippen molar-refractivity contribution < 1.29 is 4.79 Å². The molecule has 0 N–H and O–H groups in total. The first-order valence-corrected chi connectivity index (χ1v) is 2.59. The molecule has 48 valence electrons. The van der Waals surface area contributed by atoms with E-state index in [1.807, 2.05) is 6.92 Å². The standard InChI is InChI=1S/C4H6N4O/c1-2-8-4(3-9)5-6-7-8/h3H,2H2,1H3. The van der Waals surface area contributed by atoms with Crippen LogP contribution in [-0.4, -0.2) is 26.5 Å². The first-order chi connectivity index (χ1) is 4.38. The lowest BCUT2D eigenvalue weighted by Gasteiger charge is -1.89. The van der Waals surface area contributed by atoms with Gasteiger partial charge in [-0.25, -0.2) is 4.68 Å². The Bertz CT molecular complexity index is 206. The molecular weight excluding hydrogens is 120 g/mol. The number of nitrogens with zero attached hydrogens (tertiary/aromatic N) is 4. The van der Waals surface area contributed by atoms with Gasteiger partial charge >= 0.3 is 0 Å². The van der Waals surface area contributed by atoms with Crippen molar-refractivity contribution in [3.05, 3.63) is 5.82 Å². The zero-order chi connectivity index (χ0) is 6.69. The van der Waals surface area contributed by atoms with Crippen molar-refractivity contribution in [2.45, 2.75) is 13.5 Å². The van der Waals surface area contributed by atoms with Crippen LogP contribution in [0.25, 0.3) is 0 Å². The minimum absolute atomic E-state index is 0.275. The molecule has 0 spiro atoms. The van der Waals surface area contributed by atoms with E-state index >= 15 is 0 Å². The lowest BCUT2D eigenvalue weighted by molar-refractivity contribution is 0.111. The van der Waals surface area contributed by atoms with Crippen molar-refractivity contribution >= 4 is 6.29 Å². The van der Waals surface area contributed by atoms with Crippen LogP contribution in [0.15, 0.2) is 0 Å². The average Bonchev–Trinajstić information content (AvgIpc) is 2.33. The molecule has 0 saturated heterocycles. The zero-order valence-electron chi connectivity index (χ0n) is 4.98. The van der Waals surface area contributed by atoms with Crippen LogP contribution in [-0.2, 0) is 6.54 Å². The van der Waals surface area contributed by atoms with Gasteiger partial charge in [-0.2, -0.15) is 0 Å². The summed E-state index contributed by atoms with van der Waals surface area (Å²) in [6.45, 7) is 2.49. The first kappa shape index (κ1) is 5.87. The number of aldehydes is 1. The van der Waals surface area contributed by atoms with Crippen LogP contribution < -0.4 is 0 Å². The fourth-order valence-corrected chi connectivity index (χ4v) is 0.521. The number of aryl methyl sites for hydroxylation is 1. The number of carbonyl (C=O) groups is 1. The van der Waals surface area contributed by atoms with Crippen molar-refractivity contribution in [3.63, 3.8) is 0 Å². The Labute approximate surface area is 51.7 Å². The van der Waals surface area contributed by atoms with Gasteiger partial charge in [0.1, 0.15) is 0 Å². The lowest BCUT2D eigenvalue weighted by Crippen LogP contribution is -2.01. The molecule has 0 aliphatic heterocycles. The molecule has 1 heterocycles. The number of rotatable bonds is 2. The maximum Gasteiger partial charge on any atom is 0.214 e. The highest BCUT2D eigenvalue weighted by molar-refractivity contribution is 5.68. The van der Waals surface area contributed by atoms with Crippen molar-refractivity contribution in [2.75, 3.05) is 0 Å². The number of hydrogen-bond acceptors (Lipinski definition) is 4. The van der Waals surface area contributed by atoms with E-state index in [0.717, 1.165) is 0 Å². The van der Waals surface area contributed by atoms with Gasteiger partial charge in [-0.05, 0) is 17.4 Å². The predicted molar refractivity (Wildman–Crippen MR) is 28.9 cm³/mol. The van der Waals surface area contributed by atoms with Crippen LogP contribution in [0.4, 0.5) is 0 Å². The van der Waals surface area contributed by atoms with Gasteiger partial charge in [0.25, 0.3) is 0 Å². The van der Waals surface area contributed by atoms with Crippen molar-refractivity contribution in [3.8, 4) is 0 Å². The third-order valence-electron chi connectivity index (χ3n) is 0.965. The lowest BCUT2D eigenvalue weighted by atomic mass is 10.6. The highest BCUT2D eigenvalue weighted by atomic mass is 16.1. The molecule has 0 aliphatic carbocycles. The maximum absolute atomic E-state index is 10.1. The summed E-state index contributed by atoms with van der Waals surface area (Å²) >= 11 is 0. The van der Waals surface area contributed by atoms with Gasteiger partial charge in [-0.3, -0.25) is 4.79 Å². The van der Waals surface area contributed by atoms with E-state index in [0.29, 0.717) is 12.8 Å². The Morgan fingerprint density at radius 1 is 1.78 bits per heavy atom. The van der Waals surface area contributed by atoms with E-state index < -0.39 is 0 Å². The van der Waals surface area contributed by atoms with Gasteiger partial charge in [0.15, 0.2) is 6.29 Å². The topological polar surface area (TPSA) is 60.7 Å². The molecule has 0 unspecified atom stereocenters. The minimum Gasteiger partial charge on any atom is -0.294 e. The second kappa shape index (κ2) is 2.34. The summed E-state index contributed by atoms with van der Waals surface area (Å²) in [5, 5.41) is 10.3. The third-order valence-corrected chi connectivity index (χ3v) is 0.965. The monoisotopic (exact) mass is 126 g/mol. The van der Waals surface area contributed by atoms with Gasteiger partial charge in [0.2, 0.25) is 5.82 Å². The Balaban J connectivity index is 2.98. The molecular formula is C4H6N4O. The Hall–Kier alpha value is -1.26. The largest absolute Gasteiger partial charge is 0.294 e. The normalized spacial score (nSPS) is 9.44. The van der Waals surface area contributed by atoms with E-state index in [9.17, 15) is 4.79 Å². The van der Waals surface area contributed by atoms with E-state index in [4.69, 9.17) is 0 Å². The molecule has 0 amide bonds. The molecule has 0 radical (unpaired) electrons. The summed E-state index contributed by atoms with van der Waals surface area (Å²) in [6.07, 6.45) is 0.628. The van der Waals surface area contributed by atoms with Crippen LogP contribution in [0.1, 0.15) is 17.5 Å². The summed E-state index contributed by atoms with van der Waals surface area (Å²) in [7, 11) is 0. The fraction of sp³-hybridized carbons (Fsp3) is 0.500. The van der Waals surface area contributed by atoms with E-state index in [1.54, 1.807) is 0 Å². The molecule has 0 bridgehead atoms. The molecule has 0 fully saturated rings. The molecule has 5 heteroatoms. The summed E-state index contributed by atoms with van der Waals surface area (Å²) in [4.78, 5) is 10.1. The summed E-state index contributed by atoms with van der Waals surface area (Å²) in [6, 6.07) is 0. The van der Waals surface area contributed by atoms with Crippen LogP contribution in [0.5, 0.6) is 0 Å². The van der Waals surface area contributed by atoms with Crippen LogP contribution in [0, 0.1) is 0 Å². The Morgan fingerprint density at radius 3 is 3.00 bits per heavy atom. The summed E-state index contributed by atoms with van der Waals surface area (Å²) in [5.74, 6) is 0.275. The van der Waals surface area contributed by atoms with Crippen molar-refractivity contribution in [1.82, 2.24) is 20.2 Å². The minimum atomic E-state index is 0.275. The highest BCUT2D eigenvalue weighted by Crippen LogP contribution is 1.83. The SMILES string of the molecule is CCn1nnnc1C=O.